The third-order valence-electron chi connectivity index (χ3n) is 1.95. The number of hydrogen-bond acceptors (Lipinski definition) is 3. The highest BCUT2D eigenvalue weighted by Gasteiger charge is 2.15. The van der Waals surface area contributed by atoms with Crippen LogP contribution in [0.15, 0.2) is 17.0 Å². The van der Waals surface area contributed by atoms with Crippen LogP contribution < -0.4 is 9.88 Å². The van der Waals surface area contributed by atoms with Crippen molar-refractivity contribution in [2.45, 2.75) is 18.7 Å². The number of methoxy groups -OCH3 is 1. The van der Waals surface area contributed by atoms with E-state index in [9.17, 15) is 8.42 Å². The van der Waals surface area contributed by atoms with Crippen LogP contribution in [-0.4, -0.2) is 15.5 Å². The number of hydrogen-bond donors (Lipinski definition) is 1. The van der Waals surface area contributed by atoms with Crippen LogP contribution in [0.4, 0.5) is 0 Å². The maximum Gasteiger partial charge on any atom is 0.238 e. The van der Waals surface area contributed by atoms with Crippen molar-refractivity contribution in [2.75, 3.05) is 7.11 Å². The molecule has 0 radical (unpaired) electrons. The molecular weight excluding hydrogens is 202 g/mol. The third-order valence-corrected chi connectivity index (χ3v) is 3.17. The molecule has 0 aromatic heterocycles. The zero-order valence-electron chi connectivity index (χ0n) is 8.37. The van der Waals surface area contributed by atoms with E-state index in [2.05, 4.69) is 0 Å². The van der Waals surface area contributed by atoms with Crippen molar-refractivity contribution in [2.24, 2.45) is 5.14 Å². The van der Waals surface area contributed by atoms with Gasteiger partial charge in [-0.25, -0.2) is 13.6 Å². The van der Waals surface area contributed by atoms with Crippen LogP contribution in [0.1, 0.15) is 11.1 Å². The van der Waals surface area contributed by atoms with Gasteiger partial charge in [-0.15, -0.1) is 0 Å². The van der Waals surface area contributed by atoms with Gasteiger partial charge in [0.05, 0.1) is 12.0 Å². The predicted molar refractivity (Wildman–Crippen MR) is 53.8 cm³/mol. The molecule has 2 N–H and O–H groups in total. The molecule has 0 aliphatic rings. The Kier molecular flexibility index (Phi) is 2.82. The van der Waals surface area contributed by atoms with Crippen LogP contribution >= 0.6 is 0 Å². The molecule has 1 aromatic carbocycles. The number of rotatable bonds is 2. The first-order valence-electron chi connectivity index (χ1n) is 4.04. The van der Waals surface area contributed by atoms with Gasteiger partial charge in [0.2, 0.25) is 10.0 Å². The van der Waals surface area contributed by atoms with E-state index < -0.39 is 10.0 Å². The summed E-state index contributed by atoms with van der Waals surface area (Å²) in [6.45, 7) is 3.38. The molecule has 1 rings (SSSR count). The van der Waals surface area contributed by atoms with E-state index in [0.717, 1.165) is 0 Å². The number of primary sulfonamides is 1. The molecule has 4 nitrogen and oxygen atoms in total. The molecule has 0 saturated carbocycles. The van der Waals surface area contributed by atoms with Gasteiger partial charge < -0.3 is 4.74 Å². The first-order chi connectivity index (χ1) is 6.36. The summed E-state index contributed by atoms with van der Waals surface area (Å²) in [4.78, 5) is 0.179. The number of ether oxygens (including phenoxy) is 1. The molecular formula is C9H13NO3S. The molecule has 0 heterocycles. The molecule has 0 amide bonds. The van der Waals surface area contributed by atoms with Gasteiger partial charge in [-0.2, -0.15) is 0 Å². The van der Waals surface area contributed by atoms with Crippen LogP contribution in [-0.2, 0) is 10.0 Å². The minimum atomic E-state index is -3.64. The van der Waals surface area contributed by atoms with E-state index >= 15 is 0 Å². The average molecular weight is 215 g/mol. The van der Waals surface area contributed by atoms with Crippen LogP contribution in [0.3, 0.4) is 0 Å². The topological polar surface area (TPSA) is 69.4 Å². The maximum atomic E-state index is 11.2. The van der Waals surface area contributed by atoms with Crippen molar-refractivity contribution in [3.8, 4) is 5.75 Å². The van der Waals surface area contributed by atoms with Gasteiger partial charge in [0, 0.05) is 0 Å². The van der Waals surface area contributed by atoms with Crippen LogP contribution in [0.2, 0.25) is 0 Å². The monoisotopic (exact) mass is 215 g/mol. The Hall–Kier alpha value is -1.07. The smallest absolute Gasteiger partial charge is 0.238 e. The number of aryl methyl sites for hydroxylation is 2. The second-order valence-corrected chi connectivity index (χ2v) is 4.63. The summed E-state index contributed by atoms with van der Waals surface area (Å²) in [7, 11) is -2.11. The highest BCUT2D eigenvalue weighted by molar-refractivity contribution is 7.89. The predicted octanol–water partition coefficient (Wildman–Crippen LogP) is 0.959. The maximum absolute atomic E-state index is 11.2. The van der Waals surface area contributed by atoms with E-state index in [-0.39, 0.29) is 4.90 Å². The Morgan fingerprint density at radius 1 is 1.21 bits per heavy atom. The minimum Gasteiger partial charge on any atom is -0.497 e. The van der Waals surface area contributed by atoms with Crippen molar-refractivity contribution in [3.63, 3.8) is 0 Å². The zero-order valence-corrected chi connectivity index (χ0v) is 9.18. The highest BCUT2D eigenvalue weighted by atomic mass is 32.2. The van der Waals surface area contributed by atoms with Crippen LogP contribution in [0, 0.1) is 13.8 Å². The molecule has 0 aliphatic heterocycles. The van der Waals surface area contributed by atoms with E-state index in [0.29, 0.717) is 16.9 Å². The molecule has 1 aromatic rings. The molecule has 0 fully saturated rings. The van der Waals surface area contributed by atoms with Crippen molar-refractivity contribution in [1.29, 1.82) is 0 Å². The summed E-state index contributed by atoms with van der Waals surface area (Å²) < 4.78 is 27.4. The van der Waals surface area contributed by atoms with E-state index in [1.807, 2.05) is 0 Å². The van der Waals surface area contributed by atoms with Gasteiger partial charge in [-0.1, -0.05) is 0 Å². The summed E-state index contributed by atoms with van der Waals surface area (Å²) in [5.74, 6) is 0.632. The van der Waals surface area contributed by atoms with Crippen molar-refractivity contribution in [1.82, 2.24) is 0 Å². The molecule has 14 heavy (non-hydrogen) atoms. The fraction of sp³-hybridized carbons (Fsp3) is 0.333. The summed E-state index contributed by atoms with van der Waals surface area (Å²) in [5, 5.41) is 5.08. The quantitative estimate of drug-likeness (QED) is 0.798. The van der Waals surface area contributed by atoms with E-state index in [4.69, 9.17) is 9.88 Å². The van der Waals surface area contributed by atoms with Gasteiger partial charge in [-0.3, -0.25) is 0 Å². The van der Waals surface area contributed by atoms with Gasteiger partial charge in [0.1, 0.15) is 5.75 Å². The van der Waals surface area contributed by atoms with Gasteiger partial charge in [0.15, 0.2) is 0 Å². The highest BCUT2D eigenvalue weighted by Crippen LogP contribution is 2.24. The Labute approximate surface area is 83.7 Å². The Morgan fingerprint density at radius 2 is 1.64 bits per heavy atom. The Balaban J connectivity index is 3.48. The van der Waals surface area contributed by atoms with Gasteiger partial charge >= 0.3 is 0 Å². The lowest BCUT2D eigenvalue weighted by Gasteiger charge is -2.09. The normalized spacial score (nSPS) is 11.4. The van der Waals surface area contributed by atoms with E-state index in [1.165, 1.54) is 7.11 Å². The largest absolute Gasteiger partial charge is 0.497 e. The number of benzene rings is 1. The molecule has 0 saturated heterocycles. The fourth-order valence-corrected chi connectivity index (χ4v) is 2.49. The molecule has 5 heteroatoms. The SMILES string of the molecule is COc1cc(C)c(S(N)(=O)=O)c(C)c1. The second-order valence-electron chi connectivity index (χ2n) is 3.14. The molecule has 0 bridgehead atoms. The Bertz CT molecular complexity index is 428. The third kappa shape index (κ3) is 2.05. The summed E-state index contributed by atoms with van der Waals surface area (Å²) in [5.41, 5.74) is 1.20. The van der Waals surface area contributed by atoms with Gasteiger partial charge in [0.25, 0.3) is 0 Å². The second kappa shape index (κ2) is 3.59. The molecule has 0 unspecified atom stereocenters. The zero-order chi connectivity index (χ0) is 10.9. The van der Waals surface area contributed by atoms with Crippen LogP contribution in [0.25, 0.3) is 0 Å². The average Bonchev–Trinajstić information content (AvgIpc) is 1.99. The van der Waals surface area contributed by atoms with Crippen molar-refractivity contribution >= 4 is 10.0 Å². The van der Waals surface area contributed by atoms with Crippen molar-refractivity contribution in [3.05, 3.63) is 23.3 Å². The lowest BCUT2D eigenvalue weighted by atomic mass is 10.1. The summed E-state index contributed by atoms with van der Waals surface area (Å²) >= 11 is 0. The molecule has 0 aliphatic carbocycles. The fourth-order valence-electron chi connectivity index (χ4n) is 1.48. The summed E-state index contributed by atoms with van der Waals surface area (Å²) in [6.07, 6.45) is 0. The first-order valence-corrected chi connectivity index (χ1v) is 5.59. The molecule has 78 valence electrons. The lowest BCUT2D eigenvalue weighted by Crippen LogP contribution is -2.15. The Morgan fingerprint density at radius 3 is 1.93 bits per heavy atom. The molecule has 0 spiro atoms. The van der Waals surface area contributed by atoms with Gasteiger partial charge in [-0.05, 0) is 37.1 Å². The standard InChI is InChI=1S/C9H13NO3S/c1-6-4-8(13-3)5-7(2)9(6)14(10,11)12/h4-5H,1-3H3,(H2,10,11,12). The lowest BCUT2D eigenvalue weighted by molar-refractivity contribution is 0.413. The minimum absolute atomic E-state index is 0.179. The van der Waals surface area contributed by atoms with Crippen LogP contribution in [0.5, 0.6) is 5.75 Å². The first kappa shape index (κ1) is 11.0. The number of nitrogens with two attached hydrogens (primary N) is 1. The van der Waals surface area contributed by atoms with E-state index in [1.54, 1.807) is 26.0 Å². The number of sulfonamides is 1. The molecule has 0 atom stereocenters. The van der Waals surface area contributed by atoms with Crippen molar-refractivity contribution < 1.29 is 13.2 Å². The summed E-state index contributed by atoms with van der Waals surface area (Å²) in [6, 6.07) is 3.29.